The number of rotatable bonds is 3. The van der Waals surface area contributed by atoms with Gasteiger partial charge < -0.3 is 10.2 Å². The fourth-order valence-corrected chi connectivity index (χ4v) is 5.10. The SMILES string of the molecule is CN(C1CCNCC1)C1CCC2(CC/C(=C(/Cl)C(=O)NN)C2)C1. The zero-order chi connectivity index (χ0) is 16.4. The molecular weight excluding hydrogens is 312 g/mol. The van der Waals surface area contributed by atoms with Gasteiger partial charge in [-0.25, -0.2) is 5.84 Å². The van der Waals surface area contributed by atoms with Crippen LogP contribution in [-0.2, 0) is 4.79 Å². The molecule has 2 saturated carbocycles. The first-order valence-electron chi connectivity index (χ1n) is 8.86. The van der Waals surface area contributed by atoms with Crippen molar-refractivity contribution >= 4 is 17.5 Å². The van der Waals surface area contributed by atoms with Crippen molar-refractivity contribution in [1.82, 2.24) is 15.6 Å². The van der Waals surface area contributed by atoms with E-state index in [1.807, 2.05) is 0 Å². The Kier molecular flexibility index (Phi) is 5.31. The van der Waals surface area contributed by atoms with Crippen molar-refractivity contribution in [3.05, 3.63) is 10.6 Å². The molecule has 1 saturated heterocycles. The van der Waals surface area contributed by atoms with Crippen LogP contribution in [0, 0.1) is 5.41 Å². The normalized spacial score (nSPS) is 34.3. The van der Waals surface area contributed by atoms with E-state index in [9.17, 15) is 4.79 Å². The first-order chi connectivity index (χ1) is 11.0. The maximum Gasteiger partial charge on any atom is 0.276 e. The minimum atomic E-state index is -0.347. The molecule has 0 bridgehead atoms. The van der Waals surface area contributed by atoms with Gasteiger partial charge in [-0.2, -0.15) is 0 Å². The summed E-state index contributed by atoms with van der Waals surface area (Å²) in [5.74, 6) is 4.85. The molecule has 3 aliphatic rings. The molecule has 2 atom stereocenters. The lowest BCUT2D eigenvalue weighted by atomic mass is 9.84. The molecule has 0 aromatic carbocycles. The molecule has 0 radical (unpaired) electrons. The molecule has 23 heavy (non-hydrogen) atoms. The Morgan fingerprint density at radius 2 is 2.04 bits per heavy atom. The fraction of sp³-hybridized carbons (Fsp3) is 0.824. The van der Waals surface area contributed by atoms with Crippen LogP contribution in [0.15, 0.2) is 10.6 Å². The Morgan fingerprint density at radius 1 is 1.30 bits per heavy atom. The third-order valence-corrected chi connectivity index (χ3v) is 6.76. The van der Waals surface area contributed by atoms with E-state index in [0.29, 0.717) is 16.5 Å². The smallest absolute Gasteiger partial charge is 0.276 e. The number of nitrogens with zero attached hydrogens (tertiary/aromatic N) is 1. The Bertz CT molecular complexity index is 489. The maximum absolute atomic E-state index is 11.6. The molecule has 0 aromatic heterocycles. The van der Waals surface area contributed by atoms with Gasteiger partial charge in [-0.15, -0.1) is 0 Å². The average Bonchev–Trinajstić information content (AvgIpc) is 3.21. The number of nitrogens with one attached hydrogen (secondary N) is 2. The van der Waals surface area contributed by atoms with Gasteiger partial charge in [0.25, 0.3) is 5.91 Å². The van der Waals surface area contributed by atoms with Crippen LogP contribution in [0.1, 0.15) is 51.4 Å². The number of hydrogen-bond acceptors (Lipinski definition) is 4. The van der Waals surface area contributed by atoms with Crippen molar-refractivity contribution in [2.24, 2.45) is 11.3 Å². The van der Waals surface area contributed by atoms with Gasteiger partial charge in [-0.3, -0.25) is 10.2 Å². The van der Waals surface area contributed by atoms with Gasteiger partial charge in [-0.1, -0.05) is 11.6 Å². The number of nitrogens with two attached hydrogens (primary N) is 1. The van der Waals surface area contributed by atoms with E-state index in [1.165, 1.54) is 32.1 Å². The zero-order valence-corrected chi connectivity index (χ0v) is 14.8. The molecule has 1 amide bonds. The van der Waals surface area contributed by atoms with Crippen molar-refractivity contribution in [3.63, 3.8) is 0 Å². The van der Waals surface area contributed by atoms with Crippen molar-refractivity contribution in [3.8, 4) is 0 Å². The number of amides is 1. The largest absolute Gasteiger partial charge is 0.317 e. The number of carbonyl (C=O) groups is 1. The van der Waals surface area contributed by atoms with E-state index < -0.39 is 0 Å². The van der Waals surface area contributed by atoms with Crippen molar-refractivity contribution in [2.45, 2.75) is 63.5 Å². The third-order valence-electron chi connectivity index (χ3n) is 6.32. The van der Waals surface area contributed by atoms with E-state index in [0.717, 1.165) is 44.0 Å². The number of hydrazine groups is 1. The zero-order valence-electron chi connectivity index (χ0n) is 14.0. The van der Waals surface area contributed by atoms with Crippen LogP contribution in [0.2, 0.25) is 0 Å². The molecule has 2 unspecified atom stereocenters. The molecule has 1 aliphatic heterocycles. The summed E-state index contributed by atoms with van der Waals surface area (Å²) < 4.78 is 0. The standard InChI is InChI=1S/C17H29ClN4O/c1-22(13-4-8-20-9-5-13)14-3-7-17(11-14)6-2-12(10-17)15(18)16(23)21-19/h13-14,20H,2-11,19H2,1H3,(H,21,23)/b15-12-. The van der Waals surface area contributed by atoms with Crippen molar-refractivity contribution < 1.29 is 4.79 Å². The second-order valence-electron chi connectivity index (χ2n) is 7.61. The van der Waals surface area contributed by atoms with E-state index in [-0.39, 0.29) is 5.91 Å². The van der Waals surface area contributed by atoms with Gasteiger partial charge >= 0.3 is 0 Å². The van der Waals surface area contributed by atoms with Gasteiger partial charge in [-0.05, 0) is 82.5 Å². The lowest BCUT2D eigenvalue weighted by molar-refractivity contribution is -0.117. The van der Waals surface area contributed by atoms with Crippen LogP contribution in [0.5, 0.6) is 0 Å². The number of halogens is 1. The lowest BCUT2D eigenvalue weighted by Gasteiger charge is -2.36. The Morgan fingerprint density at radius 3 is 2.74 bits per heavy atom. The summed E-state index contributed by atoms with van der Waals surface area (Å²) in [6, 6.07) is 1.40. The van der Waals surface area contributed by atoms with Crippen LogP contribution < -0.4 is 16.6 Å². The van der Waals surface area contributed by atoms with Crippen LogP contribution in [-0.4, -0.2) is 43.0 Å². The molecule has 1 heterocycles. The second kappa shape index (κ2) is 7.09. The first kappa shape index (κ1) is 17.2. The Hall–Kier alpha value is -0.620. The van der Waals surface area contributed by atoms with E-state index in [1.54, 1.807) is 0 Å². The van der Waals surface area contributed by atoms with Gasteiger partial charge in [0, 0.05) is 12.1 Å². The predicted molar refractivity (Wildman–Crippen MR) is 92.8 cm³/mol. The summed E-state index contributed by atoms with van der Waals surface area (Å²) in [4.78, 5) is 14.3. The monoisotopic (exact) mass is 340 g/mol. The maximum atomic E-state index is 11.6. The summed E-state index contributed by atoms with van der Waals surface area (Å²) in [7, 11) is 2.31. The molecule has 1 spiro atoms. The molecule has 130 valence electrons. The van der Waals surface area contributed by atoms with Gasteiger partial charge in [0.15, 0.2) is 0 Å². The number of allylic oxidation sites excluding steroid dienone is 1. The highest BCUT2D eigenvalue weighted by Crippen LogP contribution is 2.54. The number of piperidine rings is 1. The minimum absolute atomic E-state index is 0.319. The molecule has 3 fully saturated rings. The quantitative estimate of drug-likeness (QED) is 0.317. The topological polar surface area (TPSA) is 70.4 Å². The summed E-state index contributed by atoms with van der Waals surface area (Å²) in [6.45, 7) is 2.28. The van der Waals surface area contributed by atoms with Crippen LogP contribution in [0.25, 0.3) is 0 Å². The van der Waals surface area contributed by atoms with Crippen LogP contribution in [0.3, 0.4) is 0 Å². The predicted octanol–water partition coefficient (Wildman–Crippen LogP) is 1.88. The second-order valence-corrected chi connectivity index (χ2v) is 7.99. The van der Waals surface area contributed by atoms with Crippen LogP contribution >= 0.6 is 11.6 Å². The summed E-state index contributed by atoms with van der Waals surface area (Å²) in [5.41, 5.74) is 3.60. The summed E-state index contributed by atoms with van der Waals surface area (Å²) in [6.07, 6.45) is 9.35. The van der Waals surface area contributed by atoms with Crippen LogP contribution in [0.4, 0.5) is 0 Å². The molecule has 6 heteroatoms. The third kappa shape index (κ3) is 3.58. The minimum Gasteiger partial charge on any atom is -0.317 e. The summed E-state index contributed by atoms with van der Waals surface area (Å²) >= 11 is 6.19. The number of carbonyl (C=O) groups excluding carboxylic acids is 1. The summed E-state index contributed by atoms with van der Waals surface area (Å²) in [5, 5.41) is 3.77. The van der Waals surface area contributed by atoms with E-state index in [4.69, 9.17) is 17.4 Å². The first-order valence-corrected chi connectivity index (χ1v) is 9.23. The highest BCUT2D eigenvalue weighted by Gasteiger charge is 2.45. The highest BCUT2D eigenvalue weighted by atomic mass is 35.5. The molecule has 2 aliphatic carbocycles. The molecule has 5 nitrogen and oxygen atoms in total. The average molecular weight is 341 g/mol. The fourth-order valence-electron chi connectivity index (χ4n) is 4.88. The Balaban J connectivity index is 1.62. The molecule has 3 rings (SSSR count). The van der Waals surface area contributed by atoms with Gasteiger partial charge in [0.05, 0.1) is 0 Å². The molecule has 0 aromatic rings. The molecule has 4 N–H and O–H groups in total. The number of hydrogen-bond donors (Lipinski definition) is 3. The molecular formula is C17H29ClN4O. The van der Waals surface area contributed by atoms with E-state index in [2.05, 4.69) is 22.7 Å². The van der Waals surface area contributed by atoms with E-state index >= 15 is 0 Å². The lowest BCUT2D eigenvalue weighted by Crippen LogP contribution is -2.45. The van der Waals surface area contributed by atoms with Crippen molar-refractivity contribution in [1.29, 1.82) is 0 Å². The van der Waals surface area contributed by atoms with Crippen molar-refractivity contribution in [2.75, 3.05) is 20.1 Å². The highest BCUT2D eigenvalue weighted by molar-refractivity contribution is 6.42. The van der Waals surface area contributed by atoms with Gasteiger partial charge in [0.1, 0.15) is 5.03 Å². The Labute approximate surface area is 144 Å². The van der Waals surface area contributed by atoms with Gasteiger partial charge in [0.2, 0.25) is 0 Å².